The minimum absolute atomic E-state index is 0.0443. The van der Waals surface area contributed by atoms with Crippen LogP contribution < -0.4 is 5.32 Å². The van der Waals surface area contributed by atoms with Gasteiger partial charge in [0.25, 0.3) is 0 Å². The van der Waals surface area contributed by atoms with Gasteiger partial charge in [-0.15, -0.1) is 0 Å². The summed E-state index contributed by atoms with van der Waals surface area (Å²) in [7, 11) is -3.65. The van der Waals surface area contributed by atoms with Crippen molar-refractivity contribution < 1.29 is 13.2 Å². The van der Waals surface area contributed by atoms with Gasteiger partial charge in [0.1, 0.15) is 15.9 Å². The van der Waals surface area contributed by atoms with Gasteiger partial charge in [-0.05, 0) is 39.8 Å². The molecule has 1 fully saturated rings. The van der Waals surface area contributed by atoms with Gasteiger partial charge in [-0.1, -0.05) is 6.07 Å². The van der Waals surface area contributed by atoms with E-state index in [1.165, 1.54) is 4.31 Å². The average molecular weight is 412 g/mol. The molecule has 3 rings (SSSR count). The molecule has 0 spiro atoms. The van der Waals surface area contributed by atoms with Crippen LogP contribution in [0.5, 0.6) is 0 Å². The molecule has 8 nitrogen and oxygen atoms in total. The topological polar surface area (TPSA) is 95.5 Å². The fourth-order valence-corrected chi connectivity index (χ4v) is 5.27. The molecule has 1 amide bonds. The van der Waals surface area contributed by atoms with Gasteiger partial charge >= 0.3 is 0 Å². The molecule has 1 aromatic carbocycles. The molecule has 1 aliphatic heterocycles. The highest BCUT2D eigenvalue weighted by atomic mass is 32.2. The van der Waals surface area contributed by atoms with Crippen molar-refractivity contribution in [2.24, 2.45) is 0 Å². The Morgan fingerprint density at radius 2 is 1.85 bits per heavy atom. The molecule has 1 unspecified atom stereocenters. The lowest BCUT2D eigenvalue weighted by molar-refractivity contribution is -0.127. The molecular weight excluding hydrogens is 386 g/mol. The number of aromatic nitrogens is 2. The summed E-state index contributed by atoms with van der Waals surface area (Å²) in [5.41, 5.74) is 0.714. The molecule has 148 valence electrons. The summed E-state index contributed by atoms with van der Waals surface area (Å²) in [6.45, 7) is 9.36. The number of nitrogens with one attached hydrogen (secondary N) is 1. The first-order valence-electron chi connectivity index (χ1n) is 8.87. The van der Waals surface area contributed by atoms with Gasteiger partial charge in [0, 0.05) is 31.7 Å². The van der Waals surface area contributed by atoms with Gasteiger partial charge in [0.05, 0.1) is 17.8 Å². The Morgan fingerprint density at radius 3 is 2.48 bits per heavy atom. The maximum atomic E-state index is 13.1. The van der Waals surface area contributed by atoms with Crippen molar-refractivity contribution in [1.29, 1.82) is 0 Å². The lowest BCUT2D eigenvalue weighted by atomic mass is 10.1. The maximum absolute atomic E-state index is 13.1. The molecule has 1 N–H and O–H groups in total. The first-order valence-corrected chi connectivity index (χ1v) is 11.0. The van der Waals surface area contributed by atoms with E-state index in [9.17, 15) is 13.2 Å². The molecule has 1 aromatic heterocycles. The van der Waals surface area contributed by atoms with Crippen LogP contribution >= 0.6 is 11.7 Å². The molecule has 2 aromatic rings. The van der Waals surface area contributed by atoms with E-state index < -0.39 is 10.0 Å². The van der Waals surface area contributed by atoms with Crippen LogP contribution in [0.1, 0.15) is 27.7 Å². The summed E-state index contributed by atoms with van der Waals surface area (Å²) in [6, 6.07) is 4.71. The molecule has 0 saturated carbocycles. The fraction of sp³-hybridized carbons (Fsp3) is 0.588. The Bertz CT molecular complexity index is 927. The van der Waals surface area contributed by atoms with Crippen LogP contribution in [-0.2, 0) is 14.8 Å². The first-order chi connectivity index (χ1) is 12.6. The van der Waals surface area contributed by atoms with E-state index in [1.54, 1.807) is 18.2 Å². The number of hydrogen-bond donors (Lipinski definition) is 1. The molecule has 10 heteroatoms. The number of hydrogen-bond acceptors (Lipinski definition) is 7. The Kier molecular flexibility index (Phi) is 5.53. The predicted octanol–water partition coefficient (Wildman–Crippen LogP) is 1.30. The number of fused-ring (bicyclic) bond motifs is 1. The van der Waals surface area contributed by atoms with Crippen LogP contribution in [-0.4, -0.2) is 70.0 Å². The zero-order chi connectivity index (χ0) is 19.8. The number of nitrogens with zero attached hydrogens (tertiary/aromatic N) is 4. The third-order valence-electron chi connectivity index (χ3n) is 4.57. The second-order valence-corrected chi connectivity index (χ2v) is 10.2. The molecule has 0 radical (unpaired) electrons. The van der Waals surface area contributed by atoms with E-state index in [0.717, 1.165) is 11.7 Å². The van der Waals surface area contributed by atoms with Gasteiger partial charge in [-0.25, -0.2) is 8.42 Å². The fourth-order valence-electron chi connectivity index (χ4n) is 3.10. The monoisotopic (exact) mass is 411 g/mol. The molecular formula is C17H25N5O3S2. The van der Waals surface area contributed by atoms with Crippen molar-refractivity contribution in [3.05, 3.63) is 18.2 Å². The van der Waals surface area contributed by atoms with Crippen molar-refractivity contribution in [3.63, 3.8) is 0 Å². The molecule has 1 aliphatic rings. The van der Waals surface area contributed by atoms with Crippen molar-refractivity contribution in [2.45, 2.75) is 44.2 Å². The van der Waals surface area contributed by atoms with Crippen molar-refractivity contribution in [3.8, 4) is 0 Å². The van der Waals surface area contributed by atoms with E-state index >= 15 is 0 Å². The van der Waals surface area contributed by atoms with E-state index in [0.29, 0.717) is 37.2 Å². The van der Waals surface area contributed by atoms with Crippen molar-refractivity contribution in [2.75, 3.05) is 26.2 Å². The molecule has 0 aliphatic carbocycles. The third-order valence-corrected chi connectivity index (χ3v) is 7.04. The molecule has 2 heterocycles. The SMILES string of the molecule is CC(C(=O)NC(C)(C)C)N1CCN(S(=O)(=O)c2cccc3nsnc23)CC1. The van der Waals surface area contributed by atoms with Gasteiger partial charge in [0.15, 0.2) is 0 Å². The second kappa shape index (κ2) is 7.42. The number of sulfonamides is 1. The van der Waals surface area contributed by atoms with E-state index in [4.69, 9.17) is 0 Å². The summed E-state index contributed by atoms with van der Waals surface area (Å²) in [5, 5.41) is 2.97. The molecule has 1 saturated heterocycles. The van der Waals surface area contributed by atoms with Gasteiger partial charge in [0.2, 0.25) is 15.9 Å². The van der Waals surface area contributed by atoms with Crippen molar-refractivity contribution in [1.82, 2.24) is 23.3 Å². The number of carbonyl (C=O) groups is 1. The zero-order valence-corrected chi connectivity index (χ0v) is 17.6. The second-order valence-electron chi connectivity index (χ2n) is 7.74. The smallest absolute Gasteiger partial charge is 0.245 e. The Labute approximate surface area is 163 Å². The number of carbonyl (C=O) groups excluding carboxylic acids is 1. The van der Waals surface area contributed by atoms with Crippen LogP contribution in [0, 0.1) is 0 Å². The van der Waals surface area contributed by atoms with Crippen LogP contribution in [0.4, 0.5) is 0 Å². The van der Waals surface area contributed by atoms with Crippen LogP contribution in [0.25, 0.3) is 11.0 Å². The number of benzene rings is 1. The first kappa shape index (κ1) is 20.1. The lowest BCUT2D eigenvalue weighted by Gasteiger charge is -2.37. The zero-order valence-electron chi connectivity index (χ0n) is 16.0. The van der Waals surface area contributed by atoms with E-state index in [2.05, 4.69) is 14.1 Å². The van der Waals surface area contributed by atoms with Gasteiger partial charge in [-0.3, -0.25) is 9.69 Å². The van der Waals surface area contributed by atoms with E-state index in [1.807, 2.05) is 32.6 Å². The predicted molar refractivity (Wildman–Crippen MR) is 105 cm³/mol. The Hall–Kier alpha value is -1.62. The lowest BCUT2D eigenvalue weighted by Crippen LogP contribution is -2.56. The quantitative estimate of drug-likeness (QED) is 0.815. The Balaban J connectivity index is 1.70. The molecule has 0 bridgehead atoms. The van der Waals surface area contributed by atoms with Crippen LogP contribution in [0.3, 0.4) is 0 Å². The van der Waals surface area contributed by atoms with Gasteiger partial charge in [-0.2, -0.15) is 13.1 Å². The Morgan fingerprint density at radius 1 is 1.19 bits per heavy atom. The minimum atomic E-state index is -3.65. The number of piperazine rings is 1. The number of amides is 1. The normalized spacial score (nSPS) is 18.5. The van der Waals surface area contributed by atoms with Crippen molar-refractivity contribution >= 4 is 38.7 Å². The van der Waals surface area contributed by atoms with Crippen LogP contribution in [0.15, 0.2) is 23.1 Å². The summed E-state index contributed by atoms with van der Waals surface area (Å²) >= 11 is 1.01. The molecule has 27 heavy (non-hydrogen) atoms. The third kappa shape index (κ3) is 4.29. The van der Waals surface area contributed by atoms with Crippen LogP contribution in [0.2, 0.25) is 0 Å². The summed E-state index contributed by atoms with van der Waals surface area (Å²) in [6.07, 6.45) is 0. The maximum Gasteiger partial charge on any atom is 0.245 e. The van der Waals surface area contributed by atoms with E-state index in [-0.39, 0.29) is 22.4 Å². The highest BCUT2D eigenvalue weighted by Gasteiger charge is 2.33. The summed E-state index contributed by atoms with van der Waals surface area (Å²) in [4.78, 5) is 14.6. The summed E-state index contributed by atoms with van der Waals surface area (Å²) < 4.78 is 35.8. The minimum Gasteiger partial charge on any atom is -0.350 e. The summed E-state index contributed by atoms with van der Waals surface area (Å²) in [5.74, 6) is -0.0443. The number of rotatable bonds is 4. The standard InChI is InChI=1S/C17H25N5O3S2/c1-12(16(23)18-17(2,3)4)21-8-10-22(11-9-21)27(24,25)14-7-5-6-13-15(14)20-26-19-13/h5-7,12H,8-11H2,1-4H3,(H,18,23). The largest absolute Gasteiger partial charge is 0.350 e. The highest BCUT2D eigenvalue weighted by Crippen LogP contribution is 2.25. The highest BCUT2D eigenvalue weighted by molar-refractivity contribution is 7.89. The molecule has 1 atom stereocenters. The average Bonchev–Trinajstić information content (AvgIpc) is 3.08. The van der Waals surface area contributed by atoms with Gasteiger partial charge < -0.3 is 5.32 Å².